The van der Waals surface area contributed by atoms with Gasteiger partial charge in [0.15, 0.2) is 0 Å². The fourth-order valence-electron chi connectivity index (χ4n) is 3.71. The summed E-state index contributed by atoms with van der Waals surface area (Å²) in [6.07, 6.45) is 21.6. The molecule has 0 aliphatic heterocycles. The van der Waals surface area contributed by atoms with E-state index in [-0.39, 0.29) is 0 Å². The average molecular weight is 326 g/mol. The summed E-state index contributed by atoms with van der Waals surface area (Å²) < 4.78 is 5.41. The molecular formula is C21H43NO. The highest BCUT2D eigenvalue weighted by atomic mass is 16.5. The van der Waals surface area contributed by atoms with Crippen LogP contribution in [0.3, 0.4) is 0 Å². The smallest absolute Gasteiger partial charge is 0.0588 e. The van der Waals surface area contributed by atoms with Crippen LogP contribution in [0.2, 0.25) is 0 Å². The van der Waals surface area contributed by atoms with Gasteiger partial charge in [-0.05, 0) is 24.7 Å². The molecule has 2 N–H and O–H groups in total. The molecule has 23 heavy (non-hydrogen) atoms. The molecule has 0 spiro atoms. The Morgan fingerprint density at radius 2 is 1.22 bits per heavy atom. The Morgan fingerprint density at radius 3 is 1.78 bits per heavy atom. The van der Waals surface area contributed by atoms with Crippen LogP contribution in [0.4, 0.5) is 0 Å². The average Bonchev–Trinajstić information content (AvgIpc) is 3.31. The van der Waals surface area contributed by atoms with Crippen molar-refractivity contribution >= 4 is 0 Å². The van der Waals surface area contributed by atoms with E-state index in [1.807, 2.05) is 0 Å². The summed E-state index contributed by atoms with van der Waals surface area (Å²) in [7, 11) is 0. The van der Waals surface area contributed by atoms with Gasteiger partial charge in [-0.15, -0.1) is 0 Å². The van der Waals surface area contributed by atoms with Crippen LogP contribution in [0.1, 0.15) is 103 Å². The second kappa shape index (κ2) is 15.4. The normalized spacial score (nSPS) is 20.1. The first kappa shape index (κ1) is 21.0. The SMILES string of the molecule is CCCCCCCCCCC1CC1CCCCCCOCCN. The van der Waals surface area contributed by atoms with Gasteiger partial charge in [0, 0.05) is 13.2 Å². The van der Waals surface area contributed by atoms with E-state index in [4.69, 9.17) is 10.5 Å². The number of hydrogen-bond acceptors (Lipinski definition) is 2. The van der Waals surface area contributed by atoms with Gasteiger partial charge in [-0.2, -0.15) is 0 Å². The first-order valence-corrected chi connectivity index (χ1v) is 10.7. The van der Waals surface area contributed by atoms with Crippen molar-refractivity contribution in [1.82, 2.24) is 0 Å². The molecule has 0 radical (unpaired) electrons. The Kier molecular flexibility index (Phi) is 14.1. The van der Waals surface area contributed by atoms with Crippen molar-refractivity contribution in [2.24, 2.45) is 17.6 Å². The third kappa shape index (κ3) is 12.9. The Morgan fingerprint density at radius 1 is 0.696 bits per heavy atom. The van der Waals surface area contributed by atoms with E-state index in [9.17, 15) is 0 Å². The van der Waals surface area contributed by atoms with Crippen LogP contribution < -0.4 is 5.73 Å². The summed E-state index contributed by atoms with van der Waals surface area (Å²) in [5.41, 5.74) is 5.40. The predicted octanol–water partition coefficient (Wildman–Crippen LogP) is 6.08. The molecule has 0 saturated heterocycles. The van der Waals surface area contributed by atoms with Crippen molar-refractivity contribution in [3.8, 4) is 0 Å². The highest BCUT2D eigenvalue weighted by molar-refractivity contribution is 4.85. The molecule has 0 aromatic carbocycles. The van der Waals surface area contributed by atoms with E-state index in [1.54, 1.807) is 0 Å². The molecule has 0 bridgehead atoms. The van der Waals surface area contributed by atoms with Crippen molar-refractivity contribution < 1.29 is 4.74 Å². The molecule has 2 nitrogen and oxygen atoms in total. The molecule has 0 amide bonds. The standard InChI is InChI=1S/C21H43NO/c1-2-3-4-5-6-7-8-11-14-20-19-21(20)15-12-9-10-13-17-23-18-16-22/h20-21H,2-19,22H2,1H3. The maximum Gasteiger partial charge on any atom is 0.0588 e. The second-order valence-electron chi connectivity index (χ2n) is 7.62. The van der Waals surface area contributed by atoms with Crippen LogP contribution in [0.15, 0.2) is 0 Å². The van der Waals surface area contributed by atoms with E-state index < -0.39 is 0 Å². The van der Waals surface area contributed by atoms with Gasteiger partial charge in [-0.3, -0.25) is 0 Å². The zero-order valence-electron chi connectivity index (χ0n) is 15.9. The molecule has 1 saturated carbocycles. The minimum atomic E-state index is 0.655. The van der Waals surface area contributed by atoms with E-state index in [1.165, 1.54) is 96.3 Å². The van der Waals surface area contributed by atoms with Gasteiger partial charge >= 0.3 is 0 Å². The van der Waals surface area contributed by atoms with Gasteiger partial charge in [-0.1, -0.05) is 90.4 Å². The molecule has 138 valence electrons. The number of ether oxygens (including phenoxy) is 1. The fourth-order valence-corrected chi connectivity index (χ4v) is 3.71. The summed E-state index contributed by atoms with van der Waals surface area (Å²) in [6, 6.07) is 0. The van der Waals surface area contributed by atoms with Gasteiger partial charge < -0.3 is 10.5 Å². The van der Waals surface area contributed by atoms with Crippen molar-refractivity contribution in [2.45, 2.75) is 103 Å². The van der Waals surface area contributed by atoms with E-state index in [0.29, 0.717) is 6.54 Å². The number of unbranched alkanes of at least 4 members (excludes halogenated alkanes) is 10. The number of rotatable bonds is 18. The van der Waals surface area contributed by atoms with Crippen LogP contribution in [0, 0.1) is 11.8 Å². The summed E-state index contributed by atoms with van der Waals surface area (Å²) >= 11 is 0. The van der Waals surface area contributed by atoms with Crippen LogP contribution in [-0.2, 0) is 4.74 Å². The van der Waals surface area contributed by atoms with E-state index in [0.717, 1.165) is 25.0 Å². The molecular weight excluding hydrogens is 282 g/mol. The molecule has 2 heteroatoms. The quantitative estimate of drug-likeness (QED) is 0.310. The van der Waals surface area contributed by atoms with Crippen LogP contribution in [-0.4, -0.2) is 19.8 Å². The van der Waals surface area contributed by atoms with E-state index in [2.05, 4.69) is 6.92 Å². The maximum absolute atomic E-state index is 5.41. The van der Waals surface area contributed by atoms with Crippen LogP contribution >= 0.6 is 0 Å². The van der Waals surface area contributed by atoms with Gasteiger partial charge in [0.05, 0.1) is 6.61 Å². The Labute approximate surface area is 145 Å². The lowest BCUT2D eigenvalue weighted by Crippen LogP contribution is -2.08. The van der Waals surface area contributed by atoms with Crippen molar-refractivity contribution in [3.63, 3.8) is 0 Å². The van der Waals surface area contributed by atoms with Gasteiger partial charge in [0.25, 0.3) is 0 Å². The zero-order valence-corrected chi connectivity index (χ0v) is 15.9. The van der Waals surface area contributed by atoms with Crippen LogP contribution in [0.25, 0.3) is 0 Å². The largest absolute Gasteiger partial charge is 0.380 e. The molecule has 2 atom stereocenters. The number of nitrogens with two attached hydrogens (primary N) is 1. The van der Waals surface area contributed by atoms with Gasteiger partial charge in [0.2, 0.25) is 0 Å². The Hall–Kier alpha value is -0.0800. The molecule has 1 aliphatic carbocycles. The first-order valence-electron chi connectivity index (χ1n) is 10.7. The highest BCUT2D eigenvalue weighted by Gasteiger charge is 2.34. The third-order valence-electron chi connectivity index (χ3n) is 5.37. The molecule has 0 aromatic heterocycles. The Balaban J connectivity index is 1.73. The minimum absolute atomic E-state index is 0.655. The van der Waals surface area contributed by atoms with E-state index >= 15 is 0 Å². The predicted molar refractivity (Wildman–Crippen MR) is 102 cm³/mol. The Bertz CT molecular complexity index is 220. The lowest BCUT2D eigenvalue weighted by molar-refractivity contribution is 0.137. The molecule has 2 unspecified atom stereocenters. The van der Waals surface area contributed by atoms with Crippen molar-refractivity contribution in [2.75, 3.05) is 19.8 Å². The lowest BCUT2D eigenvalue weighted by Gasteiger charge is -2.04. The lowest BCUT2D eigenvalue weighted by atomic mass is 10.0. The highest BCUT2D eigenvalue weighted by Crippen LogP contribution is 2.45. The molecule has 1 rings (SSSR count). The molecule has 0 aromatic rings. The minimum Gasteiger partial charge on any atom is -0.380 e. The zero-order chi connectivity index (χ0) is 16.6. The summed E-state index contributed by atoms with van der Waals surface area (Å²) in [5.74, 6) is 2.19. The monoisotopic (exact) mass is 325 g/mol. The van der Waals surface area contributed by atoms with Gasteiger partial charge in [-0.25, -0.2) is 0 Å². The summed E-state index contributed by atoms with van der Waals surface area (Å²) in [6.45, 7) is 4.58. The first-order chi connectivity index (χ1) is 11.4. The fraction of sp³-hybridized carbons (Fsp3) is 1.00. The van der Waals surface area contributed by atoms with Crippen molar-refractivity contribution in [1.29, 1.82) is 0 Å². The third-order valence-corrected chi connectivity index (χ3v) is 5.37. The molecule has 1 aliphatic rings. The number of hydrogen-bond donors (Lipinski definition) is 1. The van der Waals surface area contributed by atoms with Gasteiger partial charge in [0.1, 0.15) is 0 Å². The van der Waals surface area contributed by atoms with Crippen molar-refractivity contribution in [3.05, 3.63) is 0 Å². The summed E-state index contributed by atoms with van der Waals surface area (Å²) in [4.78, 5) is 0. The topological polar surface area (TPSA) is 35.2 Å². The second-order valence-corrected chi connectivity index (χ2v) is 7.62. The molecule has 1 fully saturated rings. The maximum atomic E-state index is 5.41. The van der Waals surface area contributed by atoms with Crippen LogP contribution in [0.5, 0.6) is 0 Å². The molecule has 0 heterocycles. The summed E-state index contributed by atoms with van der Waals surface area (Å²) in [5, 5.41) is 0.